The molecule has 2 aliphatic heterocycles. The van der Waals surface area contributed by atoms with Crippen molar-refractivity contribution < 1.29 is 14.6 Å². The summed E-state index contributed by atoms with van der Waals surface area (Å²) < 4.78 is 11.0. The van der Waals surface area contributed by atoms with Crippen LogP contribution in [0.1, 0.15) is 19.8 Å². The fourth-order valence-electron chi connectivity index (χ4n) is 1.86. The maximum Gasteiger partial charge on any atom is 0.113 e. The first kappa shape index (κ1) is 8.44. The quantitative estimate of drug-likeness (QED) is 0.569. The molecule has 0 aromatic carbocycles. The van der Waals surface area contributed by atoms with Crippen LogP contribution in [0.15, 0.2) is 0 Å². The first-order valence-electron chi connectivity index (χ1n) is 4.47. The zero-order chi connectivity index (χ0) is 8.55. The summed E-state index contributed by atoms with van der Waals surface area (Å²) in [4.78, 5) is 0. The van der Waals surface area contributed by atoms with Crippen molar-refractivity contribution >= 4 is 0 Å². The van der Waals surface area contributed by atoms with Gasteiger partial charge in [0.05, 0.1) is 12.2 Å². The summed E-state index contributed by atoms with van der Waals surface area (Å²) in [6, 6.07) is 0. The Kier molecular flexibility index (Phi) is 2.32. The molecule has 0 spiro atoms. The van der Waals surface area contributed by atoms with Gasteiger partial charge in [-0.15, -0.1) is 0 Å². The van der Waals surface area contributed by atoms with Gasteiger partial charge >= 0.3 is 0 Å². The minimum Gasteiger partial charge on any atom is -0.379 e. The Hall–Kier alpha value is -0.160. The Morgan fingerprint density at radius 2 is 2.33 bits per heavy atom. The number of rotatable bonds is 2. The monoisotopic (exact) mass is 173 g/mol. The van der Waals surface area contributed by atoms with Crippen molar-refractivity contribution in [3.8, 4) is 0 Å². The second-order valence-corrected chi connectivity index (χ2v) is 3.44. The summed E-state index contributed by atoms with van der Waals surface area (Å²) >= 11 is 0. The van der Waals surface area contributed by atoms with Crippen molar-refractivity contribution in [2.45, 2.75) is 44.4 Å². The molecule has 2 fully saturated rings. The number of aliphatic hydroxyl groups excluding tert-OH is 1. The van der Waals surface area contributed by atoms with Gasteiger partial charge in [-0.25, -0.2) is 0 Å². The van der Waals surface area contributed by atoms with Crippen molar-refractivity contribution in [3.63, 3.8) is 0 Å². The van der Waals surface area contributed by atoms with E-state index in [1.165, 1.54) is 0 Å². The third-order valence-corrected chi connectivity index (χ3v) is 2.36. The molecule has 0 aromatic rings. The van der Waals surface area contributed by atoms with Gasteiger partial charge < -0.3 is 14.6 Å². The molecule has 4 unspecified atom stereocenters. The van der Waals surface area contributed by atoms with Gasteiger partial charge in [0.1, 0.15) is 12.5 Å². The lowest BCUT2D eigenvalue weighted by molar-refractivity contribution is -0.00873. The van der Waals surface area contributed by atoms with E-state index in [4.69, 9.17) is 14.6 Å². The molecule has 0 aromatic heterocycles. The molecule has 4 nitrogen and oxygen atoms in total. The van der Waals surface area contributed by atoms with Crippen LogP contribution in [0.2, 0.25) is 0 Å². The summed E-state index contributed by atoms with van der Waals surface area (Å²) in [6.07, 6.45) is 1.81. The topological polar surface area (TPSA) is 50.7 Å². The molecule has 2 rings (SSSR count). The van der Waals surface area contributed by atoms with Crippen molar-refractivity contribution in [3.05, 3.63) is 0 Å². The van der Waals surface area contributed by atoms with Crippen LogP contribution in [0.25, 0.3) is 0 Å². The van der Waals surface area contributed by atoms with Gasteiger partial charge in [0.25, 0.3) is 0 Å². The first-order chi connectivity index (χ1) is 5.75. The second kappa shape index (κ2) is 3.30. The highest BCUT2D eigenvalue weighted by atomic mass is 16.6. The summed E-state index contributed by atoms with van der Waals surface area (Å²) in [5.74, 6) is 0. The van der Waals surface area contributed by atoms with Crippen LogP contribution in [-0.4, -0.2) is 36.4 Å². The van der Waals surface area contributed by atoms with Crippen LogP contribution >= 0.6 is 0 Å². The van der Waals surface area contributed by atoms with Gasteiger partial charge in [-0.2, -0.15) is 0 Å². The molecule has 0 bridgehead atoms. The van der Waals surface area contributed by atoms with Crippen molar-refractivity contribution in [1.82, 2.24) is 5.32 Å². The zero-order valence-corrected chi connectivity index (χ0v) is 7.19. The summed E-state index contributed by atoms with van der Waals surface area (Å²) in [5.41, 5.74) is 0. The van der Waals surface area contributed by atoms with Gasteiger partial charge in [0.2, 0.25) is 0 Å². The molecule has 2 saturated heterocycles. The van der Waals surface area contributed by atoms with E-state index >= 15 is 0 Å². The SMILES string of the molecule is CC(O)NC1CC2OCCC2O1. The van der Waals surface area contributed by atoms with E-state index in [2.05, 4.69) is 5.32 Å². The van der Waals surface area contributed by atoms with E-state index in [1.54, 1.807) is 6.92 Å². The zero-order valence-electron chi connectivity index (χ0n) is 7.19. The Morgan fingerprint density at radius 3 is 3.00 bits per heavy atom. The number of nitrogens with one attached hydrogen (secondary N) is 1. The van der Waals surface area contributed by atoms with Crippen LogP contribution in [0.4, 0.5) is 0 Å². The number of ether oxygens (including phenoxy) is 2. The Morgan fingerprint density at radius 1 is 1.50 bits per heavy atom. The standard InChI is InChI=1S/C8H15NO3/c1-5(10)9-8-4-7-6(12-8)2-3-11-7/h5-10H,2-4H2,1H3. The minimum absolute atomic E-state index is 0.0275. The molecule has 0 radical (unpaired) electrons. The maximum absolute atomic E-state index is 9.04. The lowest BCUT2D eigenvalue weighted by atomic mass is 10.2. The maximum atomic E-state index is 9.04. The van der Waals surface area contributed by atoms with Gasteiger partial charge in [-0.1, -0.05) is 0 Å². The van der Waals surface area contributed by atoms with Gasteiger partial charge in [0.15, 0.2) is 0 Å². The summed E-state index contributed by atoms with van der Waals surface area (Å²) in [7, 11) is 0. The normalized spacial score (nSPS) is 43.0. The van der Waals surface area contributed by atoms with Crippen LogP contribution in [0.3, 0.4) is 0 Å². The van der Waals surface area contributed by atoms with E-state index in [9.17, 15) is 0 Å². The number of hydrogen-bond acceptors (Lipinski definition) is 4. The highest BCUT2D eigenvalue weighted by molar-refractivity contribution is 4.86. The van der Waals surface area contributed by atoms with Gasteiger partial charge in [-0.05, 0) is 13.3 Å². The molecular weight excluding hydrogens is 158 g/mol. The molecule has 0 aliphatic carbocycles. The summed E-state index contributed by atoms with van der Waals surface area (Å²) in [5, 5.41) is 12.0. The van der Waals surface area contributed by atoms with E-state index in [1.807, 2.05) is 0 Å². The Bertz CT molecular complexity index is 150. The molecule has 2 N–H and O–H groups in total. The fourth-order valence-corrected chi connectivity index (χ4v) is 1.86. The Balaban J connectivity index is 1.82. The average Bonchev–Trinajstić information content (AvgIpc) is 2.43. The molecular formula is C8H15NO3. The molecule has 0 saturated carbocycles. The lowest BCUT2D eigenvalue weighted by Crippen LogP contribution is -2.36. The van der Waals surface area contributed by atoms with Crippen LogP contribution in [0, 0.1) is 0 Å². The van der Waals surface area contributed by atoms with Crippen molar-refractivity contribution in [2.75, 3.05) is 6.61 Å². The largest absolute Gasteiger partial charge is 0.379 e. The van der Waals surface area contributed by atoms with E-state index in [0.717, 1.165) is 19.4 Å². The molecule has 70 valence electrons. The molecule has 0 amide bonds. The molecule has 4 heteroatoms. The second-order valence-electron chi connectivity index (χ2n) is 3.44. The summed E-state index contributed by atoms with van der Waals surface area (Å²) in [6.45, 7) is 2.51. The van der Waals surface area contributed by atoms with Crippen molar-refractivity contribution in [2.24, 2.45) is 0 Å². The number of aliphatic hydroxyl groups is 1. The number of fused-ring (bicyclic) bond motifs is 1. The van der Waals surface area contributed by atoms with E-state index < -0.39 is 6.23 Å². The van der Waals surface area contributed by atoms with E-state index in [-0.39, 0.29) is 18.4 Å². The van der Waals surface area contributed by atoms with Crippen LogP contribution in [-0.2, 0) is 9.47 Å². The molecule has 2 aliphatic rings. The highest BCUT2D eigenvalue weighted by Gasteiger charge is 2.39. The average molecular weight is 173 g/mol. The van der Waals surface area contributed by atoms with Gasteiger partial charge in [-0.3, -0.25) is 5.32 Å². The molecule has 2 heterocycles. The predicted octanol–water partition coefficient (Wildman–Crippen LogP) is -0.182. The highest BCUT2D eigenvalue weighted by Crippen LogP contribution is 2.29. The first-order valence-corrected chi connectivity index (χ1v) is 4.47. The lowest BCUT2D eigenvalue weighted by Gasteiger charge is -2.15. The minimum atomic E-state index is -0.506. The van der Waals surface area contributed by atoms with Crippen molar-refractivity contribution in [1.29, 1.82) is 0 Å². The smallest absolute Gasteiger partial charge is 0.113 e. The number of hydrogen-bond donors (Lipinski definition) is 2. The van der Waals surface area contributed by atoms with Gasteiger partial charge in [0, 0.05) is 13.0 Å². The fraction of sp³-hybridized carbons (Fsp3) is 1.00. The molecule has 4 atom stereocenters. The van der Waals surface area contributed by atoms with E-state index in [0.29, 0.717) is 0 Å². The third-order valence-electron chi connectivity index (χ3n) is 2.36. The Labute approximate surface area is 71.9 Å². The third kappa shape index (κ3) is 1.61. The van der Waals surface area contributed by atoms with Crippen LogP contribution in [0.5, 0.6) is 0 Å². The molecule has 12 heavy (non-hydrogen) atoms. The van der Waals surface area contributed by atoms with Crippen LogP contribution < -0.4 is 5.32 Å². The predicted molar refractivity (Wildman–Crippen MR) is 42.5 cm³/mol.